The molecule has 0 saturated heterocycles. The van der Waals surface area contributed by atoms with Crippen LogP contribution in [0.15, 0.2) is 35.9 Å². The number of hydrogen-bond donors (Lipinski definition) is 0. The van der Waals surface area contributed by atoms with Gasteiger partial charge in [-0.15, -0.1) is 23.7 Å². The highest BCUT2D eigenvalue weighted by atomic mass is 35.5. The highest BCUT2D eigenvalue weighted by molar-refractivity contribution is 7.17. The number of carbonyl (C=O) groups excluding carboxylic acids is 2. The molecule has 0 spiro atoms. The molecule has 0 N–H and O–H groups in total. The number of carbonyl (C=O) groups is 2. The van der Waals surface area contributed by atoms with Crippen molar-refractivity contribution in [3.8, 4) is 0 Å². The van der Waals surface area contributed by atoms with Crippen LogP contribution in [0.25, 0.3) is 10.2 Å². The van der Waals surface area contributed by atoms with Crippen LogP contribution >= 0.6 is 23.7 Å². The van der Waals surface area contributed by atoms with Gasteiger partial charge in [-0.1, -0.05) is 0 Å². The van der Waals surface area contributed by atoms with Crippen LogP contribution in [-0.2, 0) is 9.59 Å². The minimum atomic E-state index is -0.300. The smallest absolute Gasteiger partial charge is 0.258 e. The summed E-state index contributed by atoms with van der Waals surface area (Å²) in [6, 6.07) is 3.55. The summed E-state index contributed by atoms with van der Waals surface area (Å²) in [6.45, 7) is 0. The van der Waals surface area contributed by atoms with Crippen LogP contribution in [0.4, 0.5) is 5.69 Å². The SMILES string of the molecule is Cl.O=C1C=CC(=O)N1c1ccnc2ccsc12. The molecule has 0 atom stereocenters. The van der Waals surface area contributed by atoms with E-state index in [-0.39, 0.29) is 24.2 Å². The molecule has 0 aliphatic carbocycles. The van der Waals surface area contributed by atoms with Crippen molar-refractivity contribution in [3.05, 3.63) is 35.9 Å². The van der Waals surface area contributed by atoms with Gasteiger partial charge in [-0.3, -0.25) is 14.6 Å². The minimum absolute atomic E-state index is 0. The van der Waals surface area contributed by atoms with E-state index in [1.54, 1.807) is 12.3 Å². The van der Waals surface area contributed by atoms with Crippen LogP contribution in [0.3, 0.4) is 0 Å². The summed E-state index contributed by atoms with van der Waals surface area (Å²) in [5.74, 6) is -0.600. The molecule has 1 aliphatic rings. The van der Waals surface area contributed by atoms with Crippen LogP contribution in [0, 0.1) is 0 Å². The summed E-state index contributed by atoms with van der Waals surface area (Å²) in [5.41, 5.74) is 1.41. The van der Waals surface area contributed by atoms with Crippen molar-refractivity contribution in [2.24, 2.45) is 0 Å². The average molecular weight is 267 g/mol. The largest absolute Gasteiger partial charge is 0.269 e. The number of hydrogen-bond acceptors (Lipinski definition) is 4. The first-order valence-corrected chi connectivity index (χ1v) is 5.54. The summed E-state index contributed by atoms with van der Waals surface area (Å²) in [6.07, 6.45) is 4.16. The fourth-order valence-corrected chi connectivity index (χ4v) is 2.53. The second-order valence-electron chi connectivity index (χ2n) is 3.31. The normalized spacial score (nSPS) is 14.5. The van der Waals surface area contributed by atoms with Gasteiger partial charge in [-0.25, -0.2) is 4.90 Å². The predicted molar refractivity (Wildman–Crippen MR) is 68.5 cm³/mol. The van der Waals surface area contributed by atoms with E-state index in [9.17, 15) is 9.59 Å². The van der Waals surface area contributed by atoms with Crippen molar-refractivity contribution in [2.75, 3.05) is 4.90 Å². The summed E-state index contributed by atoms with van der Waals surface area (Å²) < 4.78 is 0.855. The van der Waals surface area contributed by atoms with Gasteiger partial charge in [0, 0.05) is 18.3 Å². The molecule has 6 heteroatoms. The van der Waals surface area contributed by atoms with Gasteiger partial charge in [0.2, 0.25) is 0 Å². The number of nitrogens with zero attached hydrogens (tertiary/aromatic N) is 2. The maximum Gasteiger partial charge on any atom is 0.258 e. The molecule has 0 radical (unpaired) electrons. The molecular formula is C11H7ClN2O2S. The number of amides is 2. The van der Waals surface area contributed by atoms with E-state index in [0.29, 0.717) is 5.69 Å². The summed E-state index contributed by atoms with van der Waals surface area (Å²) in [4.78, 5) is 28.4. The van der Waals surface area contributed by atoms with E-state index in [0.717, 1.165) is 10.2 Å². The third-order valence-corrected chi connectivity index (χ3v) is 3.30. The van der Waals surface area contributed by atoms with Gasteiger partial charge in [0.1, 0.15) is 0 Å². The van der Waals surface area contributed by atoms with Gasteiger partial charge in [0.25, 0.3) is 11.8 Å². The van der Waals surface area contributed by atoms with Crippen molar-refractivity contribution < 1.29 is 9.59 Å². The standard InChI is InChI=1S/C11H6N2O2S.ClH/c14-9-1-2-10(15)13(9)8-3-5-12-7-4-6-16-11(7)8;/h1-6H;1H. The number of thiophene rings is 1. The van der Waals surface area contributed by atoms with Gasteiger partial charge in [-0.05, 0) is 17.5 Å². The molecule has 0 saturated carbocycles. The Kier molecular flexibility index (Phi) is 2.95. The van der Waals surface area contributed by atoms with Crippen LogP contribution in [0.1, 0.15) is 0 Å². The first kappa shape index (κ1) is 11.8. The molecule has 17 heavy (non-hydrogen) atoms. The zero-order valence-electron chi connectivity index (χ0n) is 8.49. The monoisotopic (exact) mass is 266 g/mol. The van der Waals surface area contributed by atoms with E-state index >= 15 is 0 Å². The molecule has 0 aromatic carbocycles. The third-order valence-electron chi connectivity index (χ3n) is 2.37. The van der Waals surface area contributed by atoms with E-state index in [1.807, 2.05) is 11.4 Å². The van der Waals surface area contributed by atoms with Gasteiger partial charge in [-0.2, -0.15) is 0 Å². The van der Waals surface area contributed by atoms with Gasteiger partial charge >= 0.3 is 0 Å². The molecule has 4 nitrogen and oxygen atoms in total. The molecule has 2 aromatic heterocycles. The second kappa shape index (κ2) is 4.27. The van der Waals surface area contributed by atoms with E-state index in [2.05, 4.69) is 4.98 Å². The molecule has 86 valence electrons. The quantitative estimate of drug-likeness (QED) is 0.743. The minimum Gasteiger partial charge on any atom is -0.269 e. The van der Waals surface area contributed by atoms with E-state index in [1.165, 1.54) is 28.4 Å². The highest BCUT2D eigenvalue weighted by Crippen LogP contribution is 2.31. The lowest BCUT2D eigenvalue weighted by Gasteiger charge is -2.13. The molecule has 3 rings (SSSR count). The fourth-order valence-electron chi connectivity index (χ4n) is 1.67. The van der Waals surface area contributed by atoms with Crippen molar-refractivity contribution >= 4 is 51.5 Å². The van der Waals surface area contributed by atoms with Crippen LogP contribution < -0.4 is 4.90 Å². The third kappa shape index (κ3) is 1.73. The molecule has 0 bridgehead atoms. The summed E-state index contributed by atoms with van der Waals surface area (Å²) in [5, 5.41) is 1.89. The van der Waals surface area contributed by atoms with Crippen molar-refractivity contribution in [1.82, 2.24) is 4.98 Å². The molecule has 2 aromatic rings. The van der Waals surface area contributed by atoms with Crippen molar-refractivity contribution in [2.45, 2.75) is 0 Å². The van der Waals surface area contributed by atoms with Crippen LogP contribution in [-0.4, -0.2) is 16.8 Å². The lowest BCUT2D eigenvalue weighted by atomic mass is 10.3. The zero-order chi connectivity index (χ0) is 11.1. The Labute approximate surface area is 107 Å². The van der Waals surface area contributed by atoms with E-state index in [4.69, 9.17) is 0 Å². The topological polar surface area (TPSA) is 50.3 Å². The number of rotatable bonds is 1. The predicted octanol–water partition coefficient (Wildman–Crippen LogP) is 2.15. The molecule has 3 heterocycles. The Balaban J connectivity index is 0.00000108. The molecular weight excluding hydrogens is 260 g/mol. The van der Waals surface area contributed by atoms with E-state index < -0.39 is 0 Å². The van der Waals surface area contributed by atoms with Crippen molar-refractivity contribution in [1.29, 1.82) is 0 Å². The second-order valence-corrected chi connectivity index (χ2v) is 4.23. The average Bonchev–Trinajstić information content (AvgIpc) is 2.86. The first-order chi connectivity index (χ1) is 7.77. The maximum absolute atomic E-state index is 11.6. The molecule has 1 aliphatic heterocycles. The summed E-state index contributed by atoms with van der Waals surface area (Å²) in [7, 11) is 0. The Morgan fingerprint density at radius 3 is 2.53 bits per heavy atom. The van der Waals surface area contributed by atoms with Crippen molar-refractivity contribution in [3.63, 3.8) is 0 Å². The van der Waals surface area contributed by atoms with Gasteiger partial charge in [0.05, 0.1) is 15.9 Å². The molecule has 2 amide bonds. The number of pyridine rings is 1. The zero-order valence-corrected chi connectivity index (χ0v) is 10.1. The number of anilines is 1. The Bertz CT molecular complexity index is 617. The Hall–Kier alpha value is -1.72. The summed E-state index contributed by atoms with van der Waals surface area (Å²) >= 11 is 1.47. The van der Waals surface area contributed by atoms with Crippen LogP contribution in [0.5, 0.6) is 0 Å². The van der Waals surface area contributed by atoms with Gasteiger partial charge in [0.15, 0.2) is 0 Å². The van der Waals surface area contributed by atoms with Gasteiger partial charge < -0.3 is 0 Å². The van der Waals surface area contributed by atoms with Crippen LogP contribution in [0.2, 0.25) is 0 Å². The fraction of sp³-hybridized carbons (Fsp3) is 0. The lowest BCUT2D eigenvalue weighted by molar-refractivity contribution is -0.119. The Morgan fingerprint density at radius 1 is 1.12 bits per heavy atom. The first-order valence-electron chi connectivity index (χ1n) is 4.66. The number of fused-ring (bicyclic) bond motifs is 1. The number of imide groups is 1. The highest BCUT2D eigenvalue weighted by Gasteiger charge is 2.26. The lowest BCUT2D eigenvalue weighted by Crippen LogP contribution is -2.29. The maximum atomic E-state index is 11.6. The Morgan fingerprint density at radius 2 is 1.82 bits per heavy atom. The molecule has 0 unspecified atom stereocenters. The number of aromatic nitrogens is 1. The molecule has 0 fully saturated rings. The number of halogens is 1.